The van der Waals surface area contributed by atoms with Gasteiger partial charge in [-0.3, -0.25) is 0 Å². The van der Waals surface area contributed by atoms with Crippen molar-refractivity contribution in [3.8, 4) is 0 Å². The number of nitrogens with zero attached hydrogens (tertiary/aromatic N) is 1. The molecule has 0 aliphatic carbocycles. The quantitative estimate of drug-likeness (QED) is 0.773. The second kappa shape index (κ2) is 5.73. The average Bonchev–Trinajstić information content (AvgIpc) is 2.69. The molecule has 0 radical (unpaired) electrons. The smallest absolute Gasteiger partial charge is 0.207 e. The molecule has 6 heteroatoms. The number of halogens is 2. The number of alkyl halides is 1. The minimum absolute atomic E-state index is 0.0381. The predicted molar refractivity (Wildman–Crippen MR) is 81.1 cm³/mol. The van der Waals surface area contributed by atoms with Crippen LogP contribution in [-0.2, 0) is 10.0 Å². The van der Waals surface area contributed by atoms with Gasteiger partial charge in [0.15, 0.2) is 0 Å². The van der Waals surface area contributed by atoms with Crippen molar-refractivity contribution in [1.82, 2.24) is 4.31 Å². The third-order valence-corrected chi connectivity index (χ3v) is 6.88. The number of aryl methyl sites for hydroxylation is 2. The molecule has 0 saturated carbocycles. The molecule has 1 saturated heterocycles. The van der Waals surface area contributed by atoms with Crippen LogP contribution in [0, 0.1) is 25.6 Å². The average molecular weight is 364 g/mol. The van der Waals surface area contributed by atoms with Crippen LogP contribution in [0.15, 0.2) is 17.0 Å². The zero-order valence-corrected chi connectivity index (χ0v) is 14.3. The van der Waals surface area contributed by atoms with Crippen LogP contribution in [0.2, 0.25) is 0 Å². The van der Waals surface area contributed by atoms with E-state index in [1.807, 2.05) is 0 Å². The summed E-state index contributed by atoms with van der Waals surface area (Å²) in [5, 5.41) is 0.618. The van der Waals surface area contributed by atoms with E-state index in [2.05, 4.69) is 22.9 Å². The Morgan fingerprint density at radius 3 is 2.40 bits per heavy atom. The molecule has 1 heterocycles. The van der Waals surface area contributed by atoms with Crippen molar-refractivity contribution in [1.29, 1.82) is 0 Å². The van der Waals surface area contributed by atoms with E-state index in [0.29, 0.717) is 28.9 Å². The van der Waals surface area contributed by atoms with Crippen LogP contribution in [0.5, 0.6) is 0 Å². The number of hydrogen-bond acceptors (Lipinski definition) is 2. The fourth-order valence-corrected chi connectivity index (χ4v) is 6.25. The zero-order chi connectivity index (χ0) is 15.1. The van der Waals surface area contributed by atoms with Crippen molar-refractivity contribution in [2.45, 2.75) is 38.1 Å². The summed E-state index contributed by atoms with van der Waals surface area (Å²) >= 11 is 3.40. The third kappa shape index (κ3) is 2.65. The largest absolute Gasteiger partial charge is 0.243 e. The van der Waals surface area contributed by atoms with Gasteiger partial charge in [0.1, 0.15) is 5.82 Å². The maximum atomic E-state index is 13.4. The second-order valence-corrected chi connectivity index (χ2v) is 7.95. The standard InChI is InChI=1S/C14H19BrFNO2S/c1-9-4-5-17(13(9)8-15)20(18,19)14-10(2)6-12(16)7-11(14)3/h6-7,9,13H,4-5,8H2,1-3H3. The van der Waals surface area contributed by atoms with Gasteiger partial charge in [-0.2, -0.15) is 4.31 Å². The van der Waals surface area contributed by atoms with Crippen molar-refractivity contribution in [2.75, 3.05) is 11.9 Å². The number of rotatable bonds is 3. The highest BCUT2D eigenvalue weighted by molar-refractivity contribution is 9.09. The van der Waals surface area contributed by atoms with E-state index in [1.54, 1.807) is 18.2 Å². The van der Waals surface area contributed by atoms with Crippen LogP contribution in [0.3, 0.4) is 0 Å². The van der Waals surface area contributed by atoms with Crippen LogP contribution in [-0.4, -0.2) is 30.6 Å². The second-order valence-electron chi connectivity index (χ2n) is 5.47. The summed E-state index contributed by atoms with van der Waals surface area (Å²) in [4.78, 5) is 0.249. The molecule has 2 unspecified atom stereocenters. The SMILES string of the molecule is Cc1cc(F)cc(C)c1S(=O)(=O)N1CCC(C)C1CBr. The Balaban J connectivity index is 2.51. The lowest BCUT2D eigenvalue weighted by Gasteiger charge is -2.26. The van der Waals surface area contributed by atoms with E-state index in [9.17, 15) is 12.8 Å². The molecule has 1 aromatic rings. The Kier molecular flexibility index (Phi) is 4.56. The Labute approximate surface area is 128 Å². The van der Waals surface area contributed by atoms with Crippen LogP contribution >= 0.6 is 15.9 Å². The maximum absolute atomic E-state index is 13.4. The van der Waals surface area contributed by atoms with Gasteiger partial charge in [0.2, 0.25) is 10.0 Å². The topological polar surface area (TPSA) is 37.4 Å². The number of hydrogen-bond donors (Lipinski definition) is 0. The molecule has 2 atom stereocenters. The molecule has 2 rings (SSSR count). The summed E-state index contributed by atoms with van der Waals surface area (Å²) in [6.45, 7) is 5.87. The first-order valence-corrected chi connectivity index (χ1v) is 9.19. The first-order valence-electron chi connectivity index (χ1n) is 6.63. The number of benzene rings is 1. The van der Waals surface area contributed by atoms with E-state index >= 15 is 0 Å². The van der Waals surface area contributed by atoms with Crippen molar-refractivity contribution in [2.24, 2.45) is 5.92 Å². The third-order valence-electron chi connectivity index (χ3n) is 3.98. The highest BCUT2D eigenvalue weighted by atomic mass is 79.9. The molecule has 20 heavy (non-hydrogen) atoms. The lowest BCUT2D eigenvalue weighted by Crippen LogP contribution is -2.39. The molecule has 112 valence electrons. The van der Waals surface area contributed by atoms with E-state index in [4.69, 9.17) is 0 Å². The highest BCUT2D eigenvalue weighted by Gasteiger charge is 2.40. The van der Waals surface area contributed by atoms with E-state index in [-0.39, 0.29) is 10.9 Å². The number of sulfonamides is 1. The molecule has 0 amide bonds. The van der Waals surface area contributed by atoms with E-state index < -0.39 is 15.8 Å². The van der Waals surface area contributed by atoms with Gasteiger partial charge in [0.05, 0.1) is 4.90 Å². The predicted octanol–water partition coefficient (Wildman–Crippen LogP) is 3.24. The summed E-state index contributed by atoms with van der Waals surface area (Å²) in [5.74, 6) is -0.0732. The minimum atomic E-state index is -3.57. The Morgan fingerprint density at radius 2 is 1.90 bits per heavy atom. The lowest BCUT2D eigenvalue weighted by atomic mass is 10.1. The van der Waals surface area contributed by atoms with Crippen molar-refractivity contribution in [3.05, 3.63) is 29.1 Å². The summed E-state index contributed by atoms with van der Waals surface area (Å²) in [5.41, 5.74) is 0.936. The molecule has 1 aliphatic heterocycles. The van der Waals surface area contributed by atoms with Crippen LogP contribution in [0.25, 0.3) is 0 Å². The van der Waals surface area contributed by atoms with Crippen molar-refractivity contribution in [3.63, 3.8) is 0 Å². The molecule has 1 aromatic carbocycles. The lowest BCUT2D eigenvalue weighted by molar-refractivity contribution is 0.378. The highest BCUT2D eigenvalue weighted by Crippen LogP contribution is 2.33. The van der Waals surface area contributed by atoms with E-state index in [1.165, 1.54) is 12.1 Å². The van der Waals surface area contributed by atoms with Crippen LogP contribution < -0.4 is 0 Å². The normalized spacial score (nSPS) is 24.2. The van der Waals surface area contributed by atoms with Gasteiger partial charge < -0.3 is 0 Å². The van der Waals surface area contributed by atoms with Gasteiger partial charge in [0, 0.05) is 17.9 Å². The van der Waals surface area contributed by atoms with E-state index in [0.717, 1.165) is 6.42 Å². The molecule has 0 aromatic heterocycles. The summed E-state index contributed by atoms with van der Waals surface area (Å²) in [7, 11) is -3.57. The fourth-order valence-electron chi connectivity index (χ4n) is 2.92. The van der Waals surface area contributed by atoms with Gasteiger partial charge in [-0.25, -0.2) is 12.8 Å². The summed E-state index contributed by atoms with van der Waals surface area (Å²) in [6.07, 6.45) is 0.856. The van der Waals surface area contributed by atoms with Crippen LogP contribution in [0.1, 0.15) is 24.5 Å². The molecule has 0 bridgehead atoms. The summed E-state index contributed by atoms with van der Waals surface area (Å²) < 4.78 is 40.7. The van der Waals surface area contributed by atoms with Crippen molar-refractivity contribution >= 4 is 26.0 Å². The molecular weight excluding hydrogens is 345 g/mol. The molecule has 1 aliphatic rings. The van der Waals surface area contributed by atoms with Gasteiger partial charge in [-0.05, 0) is 49.4 Å². The van der Waals surface area contributed by atoms with Gasteiger partial charge >= 0.3 is 0 Å². The molecule has 3 nitrogen and oxygen atoms in total. The minimum Gasteiger partial charge on any atom is -0.207 e. The Hall–Kier alpha value is -0.460. The van der Waals surface area contributed by atoms with Crippen molar-refractivity contribution < 1.29 is 12.8 Å². The molecule has 0 N–H and O–H groups in total. The van der Waals surface area contributed by atoms with Gasteiger partial charge in [-0.1, -0.05) is 22.9 Å². The van der Waals surface area contributed by atoms with Gasteiger partial charge in [0.25, 0.3) is 0 Å². The molecule has 0 spiro atoms. The maximum Gasteiger partial charge on any atom is 0.243 e. The summed E-state index contributed by atoms with van der Waals surface area (Å²) in [6, 6.07) is 2.52. The Bertz CT molecular complexity index is 595. The first kappa shape index (κ1) is 15.9. The first-order chi connectivity index (χ1) is 9.28. The van der Waals surface area contributed by atoms with Crippen LogP contribution in [0.4, 0.5) is 4.39 Å². The molecular formula is C14H19BrFNO2S. The van der Waals surface area contributed by atoms with Gasteiger partial charge in [-0.15, -0.1) is 0 Å². The molecule has 1 fully saturated rings. The monoisotopic (exact) mass is 363 g/mol. The Morgan fingerprint density at radius 1 is 1.35 bits per heavy atom. The zero-order valence-electron chi connectivity index (χ0n) is 11.9. The fraction of sp³-hybridized carbons (Fsp3) is 0.571.